The van der Waals surface area contributed by atoms with E-state index in [1.165, 1.54) is 11.3 Å². The van der Waals surface area contributed by atoms with Gasteiger partial charge in [0.15, 0.2) is 0 Å². The smallest absolute Gasteiger partial charge is 0.132 e. The molecule has 0 saturated carbocycles. The van der Waals surface area contributed by atoms with Crippen LogP contribution < -0.4 is 10.2 Å². The maximum absolute atomic E-state index is 4.49. The Morgan fingerprint density at radius 2 is 1.96 bits per heavy atom. The van der Waals surface area contributed by atoms with Crippen LogP contribution in [0.1, 0.15) is 30.0 Å². The average Bonchev–Trinajstić information content (AvgIpc) is 2.63. The van der Waals surface area contributed by atoms with Gasteiger partial charge in [-0.3, -0.25) is 0 Å². The second-order valence-electron chi connectivity index (χ2n) is 6.02. The molecule has 0 atom stereocenters. The van der Waals surface area contributed by atoms with Gasteiger partial charge in [-0.25, -0.2) is 9.97 Å². The molecule has 1 fully saturated rings. The third-order valence-electron chi connectivity index (χ3n) is 4.31. The van der Waals surface area contributed by atoms with Gasteiger partial charge < -0.3 is 10.2 Å². The number of nitrogens with one attached hydrogen (secondary N) is 1. The quantitative estimate of drug-likeness (QED) is 0.921. The summed E-state index contributed by atoms with van der Waals surface area (Å²) >= 11 is 0. The summed E-state index contributed by atoms with van der Waals surface area (Å²) in [6, 6.07) is 12.5. The van der Waals surface area contributed by atoms with E-state index in [1.807, 2.05) is 6.07 Å². The van der Waals surface area contributed by atoms with Crippen LogP contribution >= 0.6 is 0 Å². The van der Waals surface area contributed by atoms with E-state index in [2.05, 4.69) is 69.7 Å². The Kier molecular flexibility index (Phi) is 5.37. The Bertz CT molecular complexity index is 633. The molecule has 4 nitrogen and oxygen atoms in total. The summed E-state index contributed by atoms with van der Waals surface area (Å²) in [4.78, 5) is 11.1. The maximum Gasteiger partial charge on any atom is 0.132 e. The summed E-state index contributed by atoms with van der Waals surface area (Å²) < 4.78 is 0. The van der Waals surface area contributed by atoms with Gasteiger partial charge in [-0.1, -0.05) is 42.5 Å². The monoisotopic (exact) mass is 308 g/mol. The van der Waals surface area contributed by atoms with E-state index in [0.717, 1.165) is 38.3 Å². The fourth-order valence-corrected chi connectivity index (χ4v) is 2.92. The van der Waals surface area contributed by atoms with Gasteiger partial charge in [-0.05, 0) is 31.5 Å². The van der Waals surface area contributed by atoms with Gasteiger partial charge in [0, 0.05) is 31.3 Å². The van der Waals surface area contributed by atoms with E-state index in [4.69, 9.17) is 0 Å². The fraction of sp³-hybridized carbons (Fsp3) is 0.368. The molecule has 1 aromatic heterocycles. The van der Waals surface area contributed by atoms with Crippen molar-refractivity contribution < 1.29 is 0 Å². The number of nitrogens with zero attached hydrogens (tertiary/aromatic N) is 3. The number of rotatable bonds is 5. The van der Waals surface area contributed by atoms with Crippen molar-refractivity contribution in [3.8, 4) is 0 Å². The Morgan fingerprint density at radius 3 is 2.74 bits per heavy atom. The van der Waals surface area contributed by atoms with Gasteiger partial charge in [0.1, 0.15) is 12.1 Å². The van der Waals surface area contributed by atoms with E-state index >= 15 is 0 Å². The minimum Gasteiger partial charge on any atom is -0.356 e. The predicted octanol–water partition coefficient (Wildman–Crippen LogP) is 3.09. The first-order valence-electron chi connectivity index (χ1n) is 8.28. The Hall–Kier alpha value is -2.20. The van der Waals surface area contributed by atoms with Crippen molar-refractivity contribution in [2.75, 3.05) is 31.6 Å². The van der Waals surface area contributed by atoms with E-state index in [9.17, 15) is 0 Å². The molecule has 3 rings (SSSR count). The van der Waals surface area contributed by atoms with Crippen LogP contribution in [0.2, 0.25) is 0 Å². The number of anilines is 1. The summed E-state index contributed by atoms with van der Waals surface area (Å²) in [5.74, 6) is 1.55. The van der Waals surface area contributed by atoms with Crippen LogP contribution in [0.3, 0.4) is 0 Å². The third kappa shape index (κ3) is 4.39. The van der Waals surface area contributed by atoms with Crippen LogP contribution in [0.25, 0.3) is 6.08 Å². The summed E-state index contributed by atoms with van der Waals surface area (Å²) in [5, 5.41) is 3.40. The second kappa shape index (κ2) is 7.88. The zero-order chi connectivity index (χ0) is 15.9. The van der Waals surface area contributed by atoms with Crippen molar-refractivity contribution in [1.29, 1.82) is 0 Å². The lowest BCUT2D eigenvalue weighted by atomic mass is 9.94. The highest BCUT2D eigenvalue weighted by molar-refractivity contribution is 5.50. The highest BCUT2D eigenvalue weighted by atomic mass is 15.2. The van der Waals surface area contributed by atoms with Gasteiger partial charge in [0.05, 0.1) is 0 Å². The summed E-state index contributed by atoms with van der Waals surface area (Å²) in [7, 11) is 2.07. The van der Waals surface area contributed by atoms with Crippen molar-refractivity contribution >= 4 is 11.9 Å². The topological polar surface area (TPSA) is 41.0 Å². The molecule has 120 valence electrons. The highest BCUT2D eigenvalue weighted by Gasteiger charge is 2.17. The molecule has 0 bridgehead atoms. The molecule has 0 aliphatic carbocycles. The fourth-order valence-electron chi connectivity index (χ4n) is 2.92. The van der Waals surface area contributed by atoms with Crippen molar-refractivity contribution in [2.45, 2.75) is 18.8 Å². The SMILES string of the molecule is CN(CC=Cc1ccccc1)c1cc(C2CCNCC2)ncn1. The summed E-state index contributed by atoms with van der Waals surface area (Å²) in [5.41, 5.74) is 2.40. The molecule has 1 saturated heterocycles. The number of aromatic nitrogens is 2. The normalized spacial score (nSPS) is 15.9. The summed E-state index contributed by atoms with van der Waals surface area (Å²) in [6.07, 6.45) is 8.33. The number of piperidine rings is 1. The van der Waals surface area contributed by atoms with Crippen molar-refractivity contribution in [3.05, 3.63) is 60.1 Å². The van der Waals surface area contributed by atoms with E-state index in [1.54, 1.807) is 6.33 Å². The van der Waals surface area contributed by atoms with Crippen LogP contribution in [0, 0.1) is 0 Å². The molecule has 0 radical (unpaired) electrons. The van der Waals surface area contributed by atoms with Gasteiger partial charge in [-0.2, -0.15) is 0 Å². The molecular weight excluding hydrogens is 284 g/mol. The maximum atomic E-state index is 4.49. The first-order valence-corrected chi connectivity index (χ1v) is 8.28. The minimum atomic E-state index is 0.561. The van der Waals surface area contributed by atoms with Gasteiger partial charge in [-0.15, -0.1) is 0 Å². The van der Waals surface area contributed by atoms with E-state index in [-0.39, 0.29) is 0 Å². The van der Waals surface area contributed by atoms with E-state index < -0.39 is 0 Å². The Labute approximate surface area is 138 Å². The largest absolute Gasteiger partial charge is 0.356 e. The average molecular weight is 308 g/mol. The molecule has 0 spiro atoms. The van der Waals surface area contributed by atoms with Gasteiger partial charge >= 0.3 is 0 Å². The highest BCUT2D eigenvalue weighted by Crippen LogP contribution is 2.25. The van der Waals surface area contributed by atoms with Crippen LogP contribution in [0.5, 0.6) is 0 Å². The number of hydrogen-bond acceptors (Lipinski definition) is 4. The molecule has 23 heavy (non-hydrogen) atoms. The van der Waals surface area contributed by atoms with Crippen LogP contribution in [-0.4, -0.2) is 36.6 Å². The first kappa shape index (κ1) is 15.7. The van der Waals surface area contributed by atoms with Crippen molar-refractivity contribution in [3.63, 3.8) is 0 Å². The Balaban J connectivity index is 1.62. The van der Waals surface area contributed by atoms with Crippen LogP contribution in [-0.2, 0) is 0 Å². The molecule has 1 aliphatic rings. The third-order valence-corrected chi connectivity index (χ3v) is 4.31. The van der Waals surface area contributed by atoms with Crippen molar-refractivity contribution in [2.24, 2.45) is 0 Å². The van der Waals surface area contributed by atoms with Gasteiger partial charge in [0.2, 0.25) is 0 Å². The van der Waals surface area contributed by atoms with Crippen LogP contribution in [0.15, 0.2) is 48.8 Å². The molecule has 2 heterocycles. The number of hydrogen-bond donors (Lipinski definition) is 1. The second-order valence-corrected chi connectivity index (χ2v) is 6.02. The molecule has 1 aromatic carbocycles. The summed E-state index contributed by atoms with van der Waals surface area (Å²) in [6.45, 7) is 3.00. The lowest BCUT2D eigenvalue weighted by molar-refractivity contribution is 0.453. The predicted molar refractivity (Wildman–Crippen MR) is 95.6 cm³/mol. The molecule has 0 unspecified atom stereocenters. The van der Waals surface area contributed by atoms with Gasteiger partial charge in [0.25, 0.3) is 0 Å². The zero-order valence-electron chi connectivity index (χ0n) is 13.7. The van der Waals surface area contributed by atoms with Crippen LogP contribution in [0.4, 0.5) is 5.82 Å². The number of benzene rings is 1. The molecule has 2 aromatic rings. The standard InChI is InChI=1S/C19H24N4/c1-23(13-5-8-16-6-3-2-4-7-16)19-14-18(21-15-22-19)17-9-11-20-12-10-17/h2-8,14-15,17,20H,9-13H2,1H3. The Morgan fingerprint density at radius 1 is 1.17 bits per heavy atom. The lowest BCUT2D eigenvalue weighted by Crippen LogP contribution is -2.27. The molecule has 1 N–H and O–H groups in total. The molecule has 4 heteroatoms. The zero-order valence-corrected chi connectivity index (χ0v) is 13.7. The first-order chi connectivity index (χ1) is 11.3. The van der Waals surface area contributed by atoms with E-state index in [0.29, 0.717) is 5.92 Å². The lowest BCUT2D eigenvalue weighted by Gasteiger charge is -2.23. The molecule has 1 aliphatic heterocycles. The van der Waals surface area contributed by atoms with Crippen molar-refractivity contribution in [1.82, 2.24) is 15.3 Å². The number of likely N-dealkylation sites (N-methyl/N-ethyl adjacent to an activating group) is 1. The molecular formula is C19H24N4. The molecule has 0 amide bonds. The minimum absolute atomic E-state index is 0.561.